The van der Waals surface area contributed by atoms with Crippen molar-refractivity contribution >= 4 is 10.0 Å². The fourth-order valence-electron chi connectivity index (χ4n) is 1.61. The number of hydrogen-bond acceptors (Lipinski definition) is 4. The Morgan fingerprint density at radius 3 is 2.26 bits per heavy atom. The van der Waals surface area contributed by atoms with Gasteiger partial charge in [-0.15, -0.1) is 0 Å². The molecule has 0 heterocycles. The molecular formula is C13H19N3O2S. The number of nitrogens with zero attached hydrogens (tertiary/aromatic N) is 2. The lowest BCUT2D eigenvalue weighted by molar-refractivity contribution is 0.393. The first-order valence-electron chi connectivity index (χ1n) is 6.01. The molecular weight excluding hydrogens is 262 g/mol. The van der Waals surface area contributed by atoms with Crippen LogP contribution in [0.25, 0.3) is 0 Å². The maximum atomic E-state index is 12.3. The van der Waals surface area contributed by atoms with Gasteiger partial charge in [0.2, 0.25) is 10.0 Å². The third-order valence-corrected chi connectivity index (χ3v) is 5.08. The third-order valence-electron chi connectivity index (χ3n) is 3.09. The van der Waals surface area contributed by atoms with Gasteiger partial charge in [-0.3, -0.25) is 0 Å². The van der Waals surface area contributed by atoms with E-state index in [0.29, 0.717) is 0 Å². The van der Waals surface area contributed by atoms with Crippen molar-refractivity contribution in [2.45, 2.75) is 37.2 Å². The Morgan fingerprint density at radius 2 is 1.84 bits per heavy atom. The van der Waals surface area contributed by atoms with Crippen molar-refractivity contribution in [3.8, 4) is 6.07 Å². The van der Waals surface area contributed by atoms with Gasteiger partial charge in [0.05, 0.1) is 17.4 Å². The Balaban J connectivity index is 3.04. The van der Waals surface area contributed by atoms with Crippen LogP contribution in [0, 0.1) is 11.3 Å². The van der Waals surface area contributed by atoms with Crippen LogP contribution in [-0.4, -0.2) is 25.8 Å². The van der Waals surface area contributed by atoms with Crippen LogP contribution >= 0.6 is 0 Å². The van der Waals surface area contributed by atoms with Crippen molar-refractivity contribution in [2.75, 3.05) is 7.05 Å². The van der Waals surface area contributed by atoms with E-state index in [9.17, 15) is 8.42 Å². The smallest absolute Gasteiger partial charge is 0.243 e. The van der Waals surface area contributed by atoms with E-state index in [-0.39, 0.29) is 23.4 Å². The summed E-state index contributed by atoms with van der Waals surface area (Å²) in [5.41, 5.74) is 6.61. The standard InChI is InChI=1S/C13H19N3O2S/c1-10(8-9-14)16(3)19(17,18)13-6-4-12(5-7-13)11(2)15/h4-7,10-11H,8,15H2,1-3H3. The Hall–Kier alpha value is -1.42. The number of rotatable bonds is 5. The normalized spacial score (nSPS) is 14.9. The summed E-state index contributed by atoms with van der Waals surface area (Å²) in [5.74, 6) is 0. The molecule has 0 amide bonds. The molecule has 0 saturated heterocycles. The van der Waals surface area contributed by atoms with Crippen LogP contribution in [0.3, 0.4) is 0 Å². The van der Waals surface area contributed by atoms with E-state index in [2.05, 4.69) is 0 Å². The van der Waals surface area contributed by atoms with Crippen LogP contribution in [-0.2, 0) is 10.0 Å². The SMILES string of the molecule is CC(N)c1ccc(S(=O)(=O)N(C)C(C)CC#N)cc1. The van der Waals surface area contributed by atoms with Crippen molar-refractivity contribution in [1.29, 1.82) is 5.26 Å². The molecule has 2 atom stereocenters. The molecule has 104 valence electrons. The highest BCUT2D eigenvalue weighted by molar-refractivity contribution is 7.89. The van der Waals surface area contributed by atoms with Gasteiger partial charge in [0.25, 0.3) is 0 Å². The molecule has 19 heavy (non-hydrogen) atoms. The molecule has 1 rings (SSSR count). The number of sulfonamides is 1. The molecule has 1 aromatic carbocycles. The van der Waals surface area contributed by atoms with Crippen LogP contribution in [0.5, 0.6) is 0 Å². The first-order valence-corrected chi connectivity index (χ1v) is 7.45. The second-order valence-electron chi connectivity index (χ2n) is 4.59. The Labute approximate surface area is 114 Å². The van der Waals surface area contributed by atoms with E-state index in [1.54, 1.807) is 31.2 Å². The highest BCUT2D eigenvalue weighted by Gasteiger charge is 2.25. The minimum Gasteiger partial charge on any atom is -0.324 e. The lowest BCUT2D eigenvalue weighted by Gasteiger charge is -2.22. The summed E-state index contributed by atoms with van der Waals surface area (Å²) in [6.45, 7) is 3.54. The highest BCUT2D eigenvalue weighted by Crippen LogP contribution is 2.19. The monoisotopic (exact) mass is 281 g/mol. The summed E-state index contributed by atoms with van der Waals surface area (Å²) in [6.07, 6.45) is 0.160. The van der Waals surface area contributed by atoms with E-state index in [1.807, 2.05) is 13.0 Å². The topological polar surface area (TPSA) is 87.2 Å². The second kappa shape index (κ2) is 6.15. The molecule has 6 heteroatoms. The molecule has 2 unspecified atom stereocenters. The summed E-state index contributed by atoms with van der Waals surface area (Å²) in [4.78, 5) is 0.212. The van der Waals surface area contributed by atoms with E-state index in [1.165, 1.54) is 11.4 Å². The van der Waals surface area contributed by atoms with E-state index in [4.69, 9.17) is 11.0 Å². The summed E-state index contributed by atoms with van der Waals surface area (Å²) in [5, 5.41) is 8.63. The zero-order chi connectivity index (χ0) is 14.6. The lowest BCUT2D eigenvalue weighted by Crippen LogP contribution is -2.34. The average molecular weight is 281 g/mol. The first kappa shape index (κ1) is 15.6. The molecule has 0 fully saturated rings. The number of hydrogen-bond donors (Lipinski definition) is 1. The Morgan fingerprint density at radius 1 is 1.32 bits per heavy atom. The van der Waals surface area contributed by atoms with Crippen LogP contribution in [0.1, 0.15) is 31.9 Å². The predicted molar refractivity (Wildman–Crippen MR) is 73.7 cm³/mol. The van der Waals surface area contributed by atoms with Crippen molar-refractivity contribution in [3.05, 3.63) is 29.8 Å². The molecule has 0 aromatic heterocycles. The number of benzene rings is 1. The predicted octanol–water partition coefficient (Wildman–Crippen LogP) is 1.63. The zero-order valence-electron chi connectivity index (χ0n) is 11.4. The van der Waals surface area contributed by atoms with Gasteiger partial charge in [-0.1, -0.05) is 12.1 Å². The van der Waals surface area contributed by atoms with Crippen LogP contribution in [0.4, 0.5) is 0 Å². The molecule has 0 aliphatic rings. The minimum absolute atomic E-state index is 0.132. The first-order chi connectivity index (χ1) is 8.80. The van der Waals surface area contributed by atoms with E-state index < -0.39 is 10.0 Å². The summed E-state index contributed by atoms with van der Waals surface area (Å²) < 4.78 is 25.8. The van der Waals surface area contributed by atoms with E-state index >= 15 is 0 Å². The van der Waals surface area contributed by atoms with Gasteiger partial charge in [-0.05, 0) is 31.5 Å². The molecule has 0 saturated carbocycles. The largest absolute Gasteiger partial charge is 0.324 e. The van der Waals surface area contributed by atoms with E-state index in [0.717, 1.165) is 5.56 Å². The lowest BCUT2D eigenvalue weighted by atomic mass is 10.1. The second-order valence-corrected chi connectivity index (χ2v) is 6.59. The van der Waals surface area contributed by atoms with Crippen molar-refractivity contribution in [3.63, 3.8) is 0 Å². The third kappa shape index (κ3) is 3.53. The molecule has 2 N–H and O–H groups in total. The summed E-state index contributed by atoms with van der Waals surface area (Å²) in [6, 6.07) is 7.99. The molecule has 5 nitrogen and oxygen atoms in total. The zero-order valence-corrected chi connectivity index (χ0v) is 12.2. The molecule has 0 radical (unpaired) electrons. The number of nitrogens with two attached hydrogens (primary N) is 1. The molecule has 0 aliphatic heterocycles. The summed E-state index contributed by atoms with van der Waals surface area (Å²) in [7, 11) is -2.08. The average Bonchev–Trinajstić information content (AvgIpc) is 2.38. The highest BCUT2D eigenvalue weighted by atomic mass is 32.2. The fourth-order valence-corrected chi connectivity index (χ4v) is 2.97. The van der Waals surface area contributed by atoms with Crippen LogP contribution < -0.4 is 5.73 Å². The van der Waals surface area contributed by atoms with Gasteiger partial charge in [-0.25, -0.2) is 8.42 Å². The van der Waals surface area contributed by atoms with Gasteiger partial charge >= 0.3 is 0 Å². The summed E-state index contributed by atoms with van der Waals surface area (Å²) >= 11 is 0. The molecule has 0 bridgehead atoms. The van der Waals surface area contributed by atoms with Gasteiger partial charge in [-0.2, -0.15) is 9.57 Å². The number of nitriles is 1. The van der Waals surface area contributed by atoms with Gasteiger partial charge in [0, 0.05) is 19.1 Å². The van der Waals surface area contributed by atoms with Crippen molar-refractivity contribution in [2.24, 2.45) is 5.73 Å². The maximum absolute atomic E-state index is 12.3. The maximum Gasteiger partial charge on any atom is 0.243 e. The minimum atomic E-state index is -3.56. The van der Waals surface area contributed by atoms with Crippen molar-refractivity contribution < 1.29 is 8.42 Å². The van der Waals surface area contributed by atoms with Crippen LogP contribution in [0.2, 0.25) is 0 Å². The van der Waals surface area contributed by atoms with Gasteiger partial charge < -0.3 is 5.73 Å². The fraction of sp³-hybridized carbons (Fsp3) is 0.462. The Kier molecular flexibility index (Phi) is 5.06. The van der Waals surface area contributed by atoms with Gasteiger partial charge in [0.15, 0.2) is 0 Å². The van der Waals surface area contributed by atoms with Gasteiger partial charge in [0.1, 0.15) is 0 Å². The molecule has 0 spiro atoms. The van der Waals surface area contributed by atoms with Crippen molar-refractivity contribution in [1.82, 2.24) is 4.31 Å². The Bertz CT molecular complexity index is 559. The molecule has 0 aliphatic carbocycles. The molecule has 1 aromatic rings. The quantitative estimate of drug-likeness (QED) is 0.888. The van der Waals surface area contributed by atoms with Crippen LogP contribution in [0.15, 0.2) is 29.2 Å².